The zero-order valence-corrected chi connectivity index (χ0v) is 11.3. The SMILES string of the molecule is CCCCC1(C2CCCCC2)CCCC(=O)N1. The molecule has 2 fully saturated rings. The van der Waals surface area contributed by atoms with Gasteiger partial charge in [-0.3, -0.25) is 4.79 Å². The average molecular weight is 237 g/mol. The van der Waals surface area contributed by atoms with Gasteiger partial charge in [-0.05, 0) is 38.0 Å². The van der Waals surface area contributed by atoms with E-state index in [9.17, 15) is 4.79 Å². The van der Waals surface area contributed by atoms with Gasteiger partial charge in [0.25, 0.3) is 0 Å². The molecule has 98 valence electrons. The van der Waals surface area contributed by atoms with E-state index in [0.29, 0.717) is 5.91 Å². The fourth-order valence-corrected chi connectivity index (χ4v) is 3.81. The van der Waals surface area contributed by atoms with Crippen LogP contribution < -0.4 is 5.32 Å². The zero-order chi connectivity index (χ0) is 12.1. The van der Waals surface area contributed by atoms with Gasteiger partial charge in [0.05, 0.1) is 0 Å². The first kappa shape index (κ1) is 12.9. The molecular weight excluding hydrogens is 210 g/mol. The molecule has 0 spiro atoms. The number of carbonyl (C=O) groups excluding carboxylic acids is 1. The number of amides is 1. The third-order valence-electron chi connectivity index (χ3n) is 4.78. The molecular formula is C15H27NO. The maximum absolute atomic E-state index is 11.8. The highest BCUT2D eigenvalue weighted by molar-refractivity contribution is 5.77. The van der Waals surface area contributed by atoms with Crippen molar-refractivity contribution in [2.24, 2.45) is 5.92 Å². The molecule has 17 heavy (non-hydrogen) atoms. The summed E-state index contributed by atoms with van der Waals surface area (Å²) in [5.41, 5.74) is 0.172. The van der Waals surface area contributed by atoms with Crippen LogP contribution in [0.4, 0.5) is 0 Å². The standard InChI is InChI=1S/C15H27NO/c1-2-3-11-15(12-7-10-14(17)16-15)13-8-5-4-6-9-13/h13H,2-12H2,1H3,(H,16,17). The molecule has 1 heterocycles. The lowest BCUT2D eigenvalue weighted by Gasteiger charge is -2.46. The second-order valence-electron chi connectivity index (χ2n) is 6.00. The molecule has 1 unspecified atom stereocenters. The van der Waals surface area contributed by atoms with Gasteiger partial charge in [-0.25, -0.2) is 0 Å². The van der Waals surface area contributed by atoms with Gasteiger partial charge >= 0.3 is 0 Å². The predicted molar refractivity (Wildman–Crippen MR) is 70.8 cm³/mol. The normalized spacial score (nSPS) is 31.2. The molecule has 0 aromatic carbocycles. The monoisotopic (exact) mass is 237 g/mol. The fraction of sp³-hybridized carbons (Fsp3) is 0.933. The number of piperidine rings is 1. The Kier molecular flexibility index (Phi) is 4.47. The van der Waals surface area contributed by atoms with Crippen LogP contribution in [0.15, 0.2) is 0 Å². The van der Waals surface area contributed by atoms with Crippen molar-refractivity contribution in [3.05, 3.63) is 0 Å². The Morgan fingerprint density at radius 2 is 2.00 bits per heavy atom. The average Bonchev–Trinajstić information content (AvgIpc) is 2.37. The van der Waals surface area contributed by atoms with Crippen LogP contribution in [0.1, 0.15) is 77.6 Å². The molecule has 2 nitrogen and oxygen atoms in total. The fourth-order valence-electron chi connectivity index (χ4n) is 3.81. The molecule has 1 amide bonds. The molecule has 2 heteroatoms. The Morgan fingerprint density at radius 3 is 2.65 bits per heavy atom. The van der Waals surface area contributed by atoms with E-state index in [1.54, 1.807) is 0 Å². The molecule has 2 rings (SSSR count). The van der Waals surface area contributed by atoms with E-state index < -0.39 is 0 Å². The Hall–Kier alpha value is -0.530. The van der Waals surface area contributed by atoms with Gasteiger partial charge in [0.15, 0.2) is 0 Å². The molecule has 0 aromatic rings. The van der Waals surface area contributed by atoms with Crippen LogP contribution >= 0.6 is 0 Å². The van der Waals surface area contributed by atoms with Crippen molar-refractivity contribution in [3.8, 4) is 0 Å². The lowest BCUT2D eigenvalue weighted by molar-refractivity contribution is -0.126. The van der Waals surface area contributed by atoms with E-state index >= 15 is 0 Å². The smallest absolute Gasteiger partial charge is 0.220 e. The summed E-state index contributed by atoms with van der Waals surface area (Å²) >= 11 is 0. The quantitative estimate of drug-likeness (QED) is 0.791. The largest absolute Gasteiger partial charge is 0.350 e. The Bertz CT molecular complexity index is 258. The molecule has 1 aliphatic carbocycles. The molecule has 1 atom stereocenters. The van der Waals surface area contributed by atoms with Gasteiger partial charge in [-0.15, -0.1) is 0 Å². The predicted octanol–water partition coefficient (Wildman–Crippen LogP) is 3.80. The number of hydrogen-bond acceptors (Lipinski definition) is 1. The summed E-state index contributed by atoms with van der Waals surface area (Å²) in [5.74, 6) is 1.06. The summed E-state index contributed by atoms with van der Waals surface area (Å²) in [5, 5.41) is 3.40. The van der Waals surface area contributed by atoms with Crippen LogP contribution in [0.5, 0.6) is 0 Å². The third kappa shape index (κ3) is 3.02. The Morgan fingerprint density at radius 1 is 1.24 bits per heavy atom. The van der Waals surface area contributed by atoms with Crippen molar-refractivity contribution in [3.63, 3.8) is 0 Å². The van der Waals surface area contributed by atoms with Gasteiger partial charge in [0.1, 0.15) is 0 Å². The van der Waals surface area contributed by atoms with E-state index in [4.69, 9.17) is 0 Å². The molecule has 0 radical (unpaired) electrons. The number of hydrogen-bond donors (Lipinski definition) is 1. The highest BCUT2D eigenvalue weighted by atomic mass is 16.1. The minimum atomic E-state index is 0.172. The molecule has 0 bridgehead atoms. The van der Waals surface area contributed by atoms with E-state index in [1.165, 1.54) is 57.8 Å². The summed E-state index contributed by atoms with van der Waals surface area (Å²) < 4.78 is 0. The second-order valence-corrected chi connectivity index (χ2v) is 6.00. The first-order valence-corrected chi connectivity index (χ1v) is 7.58. The van der Waals surface area contributed by atoms with Gasteiger partial charge in [0.2, 0.25) is 5.91 Å². The molecule has 1 N–H and O–H groups in total. The van der Waals surface area contributed by atoms with E-state index in [0.717, 1.165) is 18.8 Å². The maximum atomic E-state index is 11.8. The summed E-state index contributed by atoms with van der Waals surface area (Å²) in [6.07, 6.45) is 13.6. The number of carbonyl (C=O) groups is 1. The topological polar surface area (TPSA) is 29.1 Å². The lowest BCUT2D eigenvalue weighted by Crippen LogP contribution is -2.56. The molecule has 1 saturated carbocycles. The van der Waals surface area contributed by atoms with Gasteiger partial charge in [-0.2, -0.15) is 0 Å². The molecule has 2 aliphatic rings. The first-order valence-electron chi connectivity index (χ1n) is 7.58. The minimum Gasteiger partial charge on any atom is -0.350 e. The Labute approximate surface area is 106 Å². The zero-order valence-electron chi connectivity index (χ0n) is 11.3. The minimum absolute atomic E-state index is 0.172. The van der Waals surface area contributed by atoms with Crippen molar-refractivity contribution < 1.29 is 4.79 Å². The first-order chi connectivity index (χ1) is 8.27. The lowest BCUT2D eigenvalue weighted by atomic mass is 9.68. The van der Waals surface area contributed by atoms with E-state index in [2.05, 4.69) is 12.2 Å². The second kappa shape index (κ2) is 5.88. The van der Waals surface area contributed by atoms with Crippen LogP contribution in [0.2, 0.25) is 0 Å². The summed E-state index contributed by atoms with van der Waals surface area (Å²) in [6, 6.07) is 0. The maximum Gasteiger partial charge on any atom is 0.220 e. The van der Waals surface area contributed by atoms with Crippen LogP contribution in [-0.4, -0.2) is 11.4 Å². The Balaban J connectivity index is 2.06. The van der Waals surface area contributed by atoms with Crippen molar-refractivity contribution in [2.75, 3.05) is 0 Å². The van der Waals surface area contributed by atoms with Crippen molar-refractivity contribution in [1.29, 1.82) is 0 Å². The van der Waals surface area contributed by atoms with Crippen LogP contribution in [0.3, 0.4) is 0 Å². The van der Waals surface area contributed by atoms with Crippen LogP contribution in [0.25, 0.3) is 0 Å². The van der Waals surface area contributed by atoms with Crippen LogP contribution in [-0.2, 0) is 4.79 Å². The van der Waals surface area contributed by atoms with Crippen LogP contribution in [0, 0.1) is 5.92 Å². The van der Waals surface area contributed by atoms with Crippen molar-refractivity contribution in [2.45, 2.75) is 83.1 Å². The summed E-state index contributed by atoms with van der Waals surface area (Å²) in [7, 11) is 0. The highest BCUT2D eigenvalue weighted by Crippen LogP contribution is 2.40. The highest BCUT2D eigenvalue weighted by Gasteiger charge is 2.41. The summed E-state index contributed by atoms with van der Waals surface area (Å²) in [4.78, 5) is 11.8. The molecule has 1 saturated heterocycles. The van der Waals surface area contributed by atoms with Gasteiger partial charge in [0, 0.05) is 12.0 Å². The number of nitrogens with one attached hydrogen (secondary N) is 1. The summed E-state index contributed by atoms with van der Waals surface area (Å²) in [6.45, 7) is 2.25. The van der Waals surface area contributed by atoms with Gasteiger partial charge in [-0.1, -0.05) is 39.0 Å². The van der Waals surface area contributed by atoms with Gasteiger partial charge < -0.3 is 5.32 Å². The van der Waals surface area contributed by atoms with E-state index in [1.807, 2.05) is 0 Å². The van der Waals surface area contributed by atoms with Crippen molar-refractivity contribution in [1.82, 2.24) is 5.32 Å². The van der Waals surface area contributed by atoms with E-state index in [-0.39, 0.29) is 5.54 Å². The number of unbranched alkanes of at least 4 members (excludes halogenated alkanes) is 1. The number of rotatable bonds is 4. The third-order valence-corrected chi connectivity index (χ3v) is 4.78. The molecule has 1 aliphatic heterocycles. The molecule has 0 aromatic heterocycles. The van der Waals surface area contributed by atoms with Crippen molar-refractivity contribution >= 4 is 5.91 Å².